The van der Waals surface area contributed by atoms with Crippen LogP contribution >= 0.6 is 0 Å². The molecule has 2 amide bonds. The maximum Gasteiger partial charge on any atom is 0.257 e. The average molecular weight is 311 g/mol. The number of carbonyl (C=O) groups excluding carboxylic acids is 2. The number of nitrogens with one attached hydrogen (secondary N) is 1. The summed E-state index contributed by atoms with van der Waals surface area (Å²) in [6.45, 7) is 4.25. The number of nitrogens with zero attached hydrogens (tertiary/aromatic N) is 1. The van der Waals surface area contributed by atoms with Crippen molar-refractivity contribution in [2.45, 2.75) is 38.8 Å². The minimum Gasteiger partial charge on any atom is -0.379 e. The number of hydrogen-bond donors (Lipinski definition) is 2. The van der Waals surface area contributed by atoms with Gasteiger partial charge in [-0.05, 0) is 19.8 Å². The molecule has 0 aliphatic carbocycles. The predicted molar refractivity (Wildman–Crippen MR) is 76.2 cm³/mol. The van der Waals surface area contributed by atoms with Gasteiger partial charge in [-0.2, -0.15) is 0 Å². The molecule has 8 nitrogen and oxygen atoms in total. The van der Waals surface area contributed by atoms with Gasteiger partial charge in [0.2, 0.25) is 5.91 Å². The second-order valence-corrected chi connectivity index (χ2v) is 5.17. The zero-order chi connectivity index (χ0) is 16.1. The molecule has 22 heavy (non-hydrogen) atoms. The molecule has 0 spiro atoms. The Morgan fingerprint density at radius 1 is 1.50 bits per heavy atom. The number of nitrogens with two attached hydrogens (primary N) is 1. The summed E-state index contributed by atoms with van der Waals surface area (Å²) in [6, 6.07) is -0.348. The van der Waals surface area contributed by atoms with E-state index in [1.807, 2.05) is 6.92 Å². The predicted octanol–water partition coefficient (Wildman–Crippen LogP) is -0.0654. The van der Waals surface area contributed by atoms with Crippen molar-refractivity contribution in [3.05, 3.63) is 17.0 Å². The van der Waals surface area contributed by atoms with Crippen LogP contribution in [-0.2, 0) is 20.7 Å². The van der Waals surface area contributed by atoms with Gasteiger partial charge in [0.05, 0.1) is 24.4 Å². The maximum atomic E-state index is 12.4. The van der Waals surface area contributed by atoms with Gasteiger partial charge in [0.15, 0.2) is 0 Å². The van der Waals surface area contributed by atoms with E-state index in [2.05, 4.69) is 10.5 Å². The van der Waals surface area contributed by atoms with Crippen LogP contribution in [-0.4, -0.2) is 48.9 Å². The Morgan fingerprint density at radius 2 is 2.27 bits per heavy atom. The van der Waals surface area contributed by atoms with Crippen LogP contribution in [0.1, 0.15) is 35.2 Å². The molecule has 1 fully saturated rings. The SMILES string of the molecule is CCc1noc(C)c1C(=O)N[C@@H]1COCC[C@@H]1OCC(N)=O. The summed E-state index contributed by atoms with van der Waals surface area (Å²) >= 11 is 0. The minimum absolute atomic E-state index is 0.177. The van der Waals surface area contributed by atoms with Crippen molar-refractivity contribution in [2.24, 2.45) is 5.73 Å². The monoisotopic (exact) mass is 311 g/mol. The Bertz CT molecular complexity index is 543. The second-order valence-electron chi connectivity index (χ2n) is 5.17. The summed E-state index contributed by atoms with van der Waals surface area (Å²) in [5, 5.41) is 6.74. The molecule has 1 aromatic rings. The largest absolute Gasteiger partial charge is 0.379 e. The third-order valence-corrected chi connectivity index (χ3v) is 3.54. The highest BCUT2D eigenvalue weighted by atomic mass is 16.5. The fraction of sp³-hybridized carbons (Fsp3) is 0.643. The summed E-state index contributed by atoms with van der Waals surface area (Å²) in [6.07, 6.45) is 0.875. The summed E-state index contributed by atoms with van der Waals surface area (Å²) in [5.74, 6) is -0.348. The fourth-order valence-electron chi connectivity index (χ4n) is 2.43. The molecule has 0 radical (unpaired) electrons. The molecule has 2 rings (SSSR count). The molecule has 2 atom stereocenters. The topological polar surface area (TPSA) is 117 Å². The number of primary amides is 1. The summed E-state index contributed by atoms with van der Waals surface area (Å²) < 4.78 is 15.9. The van der Waals surface area contributed by atoms with Crippen LogP contribution in [0.25, 0.3) is 0 Å². The number of carbonyl (C=O) groups is 2. The number of amides is 2. The Hall–Kier alpha value is -1.93. The van der Waals surface area contributed by atoms with E-state index < -0.39 is 5.91 Å². The van der Waals surface area contributed by atoms with Crippen LogP contribution in [0.2, 0.25) is 0 Å². The van der Waals surface area contributed by atoms with E-state index in [4.69, 9.17) is 19.7 Å². The standard InChI is InChI=1S/C14H21N3O5/c1-3-9-13(8(2)22-17-9)14(19)16-10-6-20-5-4-11(10)21-7-12(15)18/h10-11H,3-7H2,1-2H3,(H2,15,18)(H,16,19)/t10-,11+/m1/s1. The molecular formula is C14H21N3O5. The first kappa shape index (κ1) is 16.4. The molecule has 0 aromatic carbocycles. The minimum atomic E-state index is -0.542. The molecule has 2 heterocycles. The lowest BCUT2D eigenvalue weighted by Crippen LogP contribution is -2.51. The van der Waals surface area contributed by atoms with Crippen LogP contribution < -0.4 is 11.1 Å². The van der Waals surface area contributed by atoms with Gasteiger partial charge in [0.1, 0.15) is 17.9 Å². The molecule has 122 valence electrons. The van der Waals surface area contributed by atoms with Crippen molar-refractivity contribution in [1.82, 2.24) is 10.5 Å². The fourth-order valence-corrected chi connectivity index (χ4v) is 2.43. The van der Waals surface area contributed by atoms with Gasteiger partial charge in [-0.1, -0.05) is 12.1 Å². The van der Waals surface area contributed by atoms with Crippen LogP contribution in [0.3, 0.4) is 0 Å². The highest BCUT2D eigenvalue weighted by Crippen LogP contribution is 2.16. The molecule has 1 aliphatic heterocycles. The van der Waals surface area contributed by atoms with Crippen LogP contribution in [0, 0.1) is 6.92 Å². The van der Waals surface area contributed by atoms with Gasteiger partial charge in [0, 0.05) is 6.61 Å². The first-order valence-corrected chi connectivity index (χ1v) is 7.26. The zero-order valence-corrected chi connectivity index (χ0v) is 12.8. The smallest absolute Gasteiger partial charge is 0.257 e. The van der Waals surface area contributed by atoms with Gasteiger partial charge < -0.3 is 25.0 Å². The summed E-state index contributed by atoms with van der Waals surface area (Å²) in [4.78, 5) is 23.3. The Labute approximate surface area is 128 Å². The lowest BCUT2D eigenvalue weighted by molar-refractivity contribution is -0.128. The quantitative estimate of drug-likeness (QED) is 0.760. The van der Waals surface area contributed by atoms with E-state index in [-0.39, 0.29) is 24.7 Å². The first-order chi connectivity index (χ1) is 10.5. The van der Waals surface area contributed by atoms with Crippen molar-refractivity contribution in [3.8, 4) is 0 Å². The number of aryl methyl sites for hydroxylation is 2. The molecule has 1 saturated heterocycles. The number of aromatic nitrogens is 1. The van der Waals surface area contributed by atoms with E-state index in [9.17, 15) is 9.59 Å². The molecular weight excluding hydrogens is 290 g/mol. The Kier molecular flexibility index (Phi) is 5.51. The van der Waals surface area contributed by atoms with E-state index in [0.29, 0.717) is 43.1 Å². The normalized spacial score (nSPS) is 21.5. The Balaban J connectivity index is 2.04. The van der Waals surface area contributed by atoms with Crippen LogP contribution in [0.5, 0.6) is 0 Å². The molecule has 0 saturated carbocycles. The van der Waals surface area contributed by atoms with Crippen LogP contribution in [0.4, 0.5) is 0 Å². The van der Waals surface area contributed by atoms with Gasteiger partial charge in [-0.25, -0.2) is 0 Å². The number of rotatable bonds is 6. The van der Waals surface area contributed by atoms with Gasteiger partial charge in [0.25, 0.3) is 5.91 Å². The van der Waals surface area contributed by atoms with Crippen molar-refractivity contribution >= 4 is 11.8 Å². The van der Waals surface area contributed by atoms with Gasteiger partial charge in [-0.15, -0.1) is 0 Å². The molecule has 0 unspecified atom stereocenters. The highest BCUT2D eigenvalue weighted by Gasteiger charge is 2.30. The maximum absolute atomic E-state index is 12.4. The van der Waals surface area contributed by atoms with Crippen LogP contribution in [0.15, 0.2) is 4.52 Å². The van der Waals surface area contributed by atoms with Crippen molar-refractivity contribution in [1.29, 1.82) is 0 Å². The summed E-state index contributed by atoms with van der Waals surface area (Å²) in [5.41, 5.74) is 6.15. The van der Waals surface area contributed by atoms with Gasteiger partial charge >= 0.3 is 0 Å². The van der Waals surface area contributed by atoms with Gasteiger partial charge in [-0.3, -0.25) is 9.59 Å². The first-order valence-electron chi connectivity index (χ1n) is 7.26. The van der Waals surface area contributed by atoms with Crippen molar-refractivity contribution < 1.29 is 23.6 Å². The second kappa shape index (κ2) is 7.37. The molecule has 1 aliphatic rings. The molecule has 1 aromatic heterocycles. The number of ether oxygens (including phenoxy) is 2. The van der Waals surface area contributed by atoms with E-state index in [1.54, 1.807) is 6.92 Å². The van der Waals surface area contributed by atoms with E-state index >= 15 is 0 Å². The number of hydrogen-bond acceptors (Lipinski definition) is 6. The van der Waals surface area contributed by atoms with Crippen molar-refractivity contribution in [2.75, 3.05) is 19.8 Å². The molecule has 8 heteroatoms. The van der Waals surface area contributed by atoms with Crippen molar-refractivity contribution in [3.63, 3.8) is 0 Å². The zero-order valence-electron chi connectivity index (χ0n) is 12.8. The third-order valence-electron chi connectivity index (χ3n) is 3.54. The van der Waals surface area contributed by atoms with E-state index in [1.165, 1.54) is 0 Å². The Morgan fingerprint density at radius 3 is 2.95 bits per heavy atom. The average Bonchev–Trinajstić information content (AvgIpc) is 2.87. The highest BCUT2D eigenvalue weighted by molar-refractivity contribution is 5.96. The molecule has 0 bridgehead atoms. The lowest BCUT2D eigenvalue weighted by atomic mass is 10.0. The molecule has 3 N–H and O–H groups in total. The summed E-state index contributed by atoms with van der Waals surface area (Å²) in [7, 11) is 0. The van der Waals surface area contributed by atoms with E-state index in [0.717, 1.165) is 0 Å². The lowest BCUT2D eigenvalue weighted by Gasteiger charge is -2.31. The third kappa shape index (κ3) is 3.83.